The van der Waals surface area contributed by atoms with Crippen LogP contribution in [0.3, 0.4) is 0 Å². The molecule has 0 saturated heterocycles. The van der Waals surface area contributed by atoms with E-state index in [9.17, 15) is 31.1 Å². The van der Waals surface area contributed by atoms with Gasteiger partial charge in [0.05, 0.1) is 6.42 Å². The molecule has 1 aliphatic rings. The largest absolute Gasteiger partial charge is 0.404 e. The molecular formula is C9H2F6O2. The Kier molecular flexibility index (Phi) is 2.33. The third-order valence-corrected chi connectivity index (χ3v) is 2.19. The first-order valence-corrected chi connectivity index (χ1v) is 4.20. The maximum absolute atomic E-state index is 13.1. The Morgan fingerprint density at radius 1 is 0.941 bits per heavy atom. The molecule has 0 aromatic heterocycles. The van der Waals surface area contributed by atoms with Crippen molar-refractivity contribution < 1.29 is 35.9 Å². The Labute approximate surface area is 89.8 Å². The number of hydrogen-bond acceptors (Lipinski definition) is 2. The quantitative estimate of drug-likeness (QED) is 0.308. The van der Waals surface area contributed by atoms with Gasteiger partial charge in [-0.2, -0.15) is 8.78 Å². The monoisotopic (exact) mass is 256 g/mol. The molecule has 0 radical (unpaired) electrons. The zero-order valence-electron chi connectivity index (χ0n) is 7.79. The van der Waals surface area contributed by atoms with Crippen molar-refractivity contribution in [3.63, 3.8) is 0 Å². The van der Waals surface area contributed by atoms with Gasteiger partial charge in [0.2, 0.25) is 0 Å². The fourth-order valence-electron chi connectivity index (χ4n) is 1.48. The average molecular weight is 256 g/mol. The highest BCUT2D eigenvalue weighted by molar-refractivity contribution is 5.92. The smallest absolute Gasteiger partial charge is 0.397 e. The Morgan fingerprint density at radius 3 is 2.06 bits per heavy atom. The molecule has 0 saturated carbocycles. The Morgan fingerprint density at radius 2 is 1.47 bits per heavy atom. The summed E-state index contributed by atoms with van der Waals surface area (Å²) in [5.74, 6) is -10.5. The first-order chi connectivity index (χ1) is 7.74. The van der Waals surface area contributed by atoms with Gasteiger partial charge in [-0.3, -0.25) is 0 Å². The third-order valence-electron chi connectivity index (χ3n) is 2.19. The molecule has 0 N–H and O–H groups in total. The maximum Gasteiger partial charge on any atom is 0.404 e. The minimum absolute atomic E-state index is 1.23. The van der Waals surface area contributed by atoms with Crippen molar-refractivity contribution in [1.29, 1.82) is 0 Å². The van der Waals surface area contributed by atoms with Crippen LogP contribution in [0.2, 0.25) is 0 Å². The van der Waals surface area contributed by atoms with Crippen molar-refractivity contribution in [2.45, 2.75) is 12.5 Å². The van der Waals surface area contributed by atoms with Crippen LogP contribution in [0.1, 0.15) is 15.9 Å². The Balaban J connectivity index is 2.77. The molecule has 2 nitrogen and oxygen atoms in total. The van der Waals surface area contributed by atoms with Crippen LogP contribution < -0.4 is 0 Å². The lowest BCUT2D eigenvalue weighted by molar-refractivity contribution is -0.203. The van der Waals surface area contributed by atoms with Gasteiger partial charge in [0.25, 0.3) is 0 Å². The summed E-state index contributed by atoms with van der Waals surface area (Å²) in [4.78, 5) is 10.9. The summed E-state index contributed by atoms with van der Waals surface area (Å²) in [6.07, 6.45) is -5.63. The Hall–Kier alpha value is -1.73. The molecule has 8 heteroatoms. The summed E-state index contributed by atoms with van der Waals surface area (Å²) in [6, 6.07) is 0. The first-order valence-electron chi connectivity index (χ1n) is 4.20. The number of alkyl halides is 2. The molecule has 0 bridgehead atoms. The van der Waals surface area contributed by atoms with Crippen molar-refractivity contribution in [2.75, 3.05) is 0 Å². The van der Waals surface area contributed by atoms with E-state index < -0.39 is 52.9 Å². The lowest BCUT2D eigenvalue weighted by Gasteiger charge is -2.24. The molecule has 1 aliphatic heterocycles. The summed E-state index contributed by atoms with van der Waals surface area (Å²) in [5.41, 5.74) is -2.57. The van der Waals surface area contributed by atoms with E-state index in [1.807, 2.05) is 0 Å². The van der Waals surface area contributed by atoms with Gasteiger partial charge in [0.1, 0.15) is 5.56 Å². The van der Waals surface area contributed by atoms with Crippen molar-refractivity contribution in [3.8, 4) is 0 Å². The lowest BCUT2D eigenvalue weighted by Crippen LogP contribution is -2.35. The summed E-state index contributed by atoms with van der Waals surface area (Å²) in [7, 11) is 0. The number of esters is 1. The molecule has 0 fully saturated rings. The van der Waals surface area contributed by atoms with E-state index in [1.165, 1.54) is 0 Å². The second kappa shape index (κ2) is 3.38. The summed E-state index contributed by atoms with van der Waals surface area (Å²) in [6.45, 7) is 0. The van der Waals surface area contributed by atoms with Crippen LogP contribution in [0, 0.1) is 23.3 Å². The summed E-state index contributed by atoms with van der Waals surface area (Å²) in [5, 5.41) is 0. The van der Waals surface area contributed by atoms with Gasteiger partial charge in [-0.1, -0.05) is 0 Å². The van der Waals surface area contributed by atoms with E-state index in [0.29, 0.717) is 0 Å². The number of hydrogen-bond donors (Lipinski definition) is 0. The highest BCUT2D eigenvalue weighted by Gasteiger charge is 2.45. The lowest BCUT2D eigenvalue weighted by atomic mass is 9.99. The average Bonchev–Trinajstić information content (AvgIpc) is 2.21. The molecule has 0 amide bonds. The fraction of sp³-hybridized carbons (Fsp3) is 0.222. The van der Waals surface area contributed by atoms with Crippen LogP contribution in [0.4, 0.5) is 26.3 Å². The third kappa shape index (κ3) is 1.63. The molecule has 0 atom stereocenters. The number of rotatable bonds is 0. The van der Waals surface area contributed by atoms with Gasteiger partial charge < -0.3 is 4.74 Å². The number of fused-ring (bicyclic) bond motifs is 1. The molecule has 0 unspecified atom stereocenters. The molecule has 1 aromatic carbocycles. The van der Waals surface area contributed by atoms with Crippen molar-refractivity contribution in [3.05, 3.63) is 34.4 Å². The van der Waals surface area contributed by atoms with E-state index in [1.54, 1.807) is 0 Å². The molecule has 1 heterocycles. The SMILES string of the molecule is O=C1OC(F)(F)Cc2c(F)c(F)c(F)c(F)c21. The zero-order chi connectivity index (χ0) is 13.0. The van der Waals surface area contributed by atoms with Crippen LogP contribution in [0.15, 0.2) is 0 Å². The van der Waals surface area contributed by atoms with Gasteiger partial charge in [0, 0.05) is 5.56 Å². The second-order valence-electron chi connectivity index (χ2n) is 3.31. The Bertz CT molecular complexity index is 525. The first kappa shape index (κ1) is 11.7. The summed E-state index contributed by atoms with van der Waals surface area (Å²) >= 11 is 0. The highest BCUT2D eigenvalue weighted by atomic mass is 19.3. The van der Waals surface area contributed by atoms with Gasteiger partial charge in [-0.05, 0) is 0 Å². The van der Waals surface area contributed by atoms with Crippen LogP contribution in [0.25, 0.3) is 0 Å². The number of carbonyl (C=O) groups is 1. The summed E-state index contributed by atoms with van der Waals surface area (Å²) < 4.78 is 80.7. The number of halogens is 6. The maximum atomic E-state index is 13.1. The van der Waals surface area contributed by atoms with E-state index in [-0.39, 0.29) is 0 Å². The minimum Gasteiger partial charge on any atom is -0.397 e. The van der Waals surface area contributed by atoms with Crippen molar-refractivity contribution >= 4 is 5.97 Å². The molecule has 2 rings (SSSR count). The predicted molar refractivity (Wildman–Crippen MR) is 40.3 cm³/mol. The van der Waals surface area contributed by atoms with Gasteiger partial charge in [-0.15, -0.1) is 0 Å². The van der Waals surface area contributed by atoms with Crippen LogP contribution >= 0.6 is 0 Å². The van der Waals surface area contributed by atoms with Crippen LogP contribution in [-0.2, 0) is 11.2 Å². The molecular weight excluding hydrogens is 254 g/mol. The number of ether oxygens (including phenoxy) is 1. The topological polar surface area (TPSA) is 26.3 Å². The van der Waals surface area contributed by atoms with Crippen LogP contribution in [0.5, 0.6) is 0 Å². The predicted octanol–water partition coefficient (Wildman–Crippen LogP) is 2.55. The second-order valence-corrected chi connectivity index (χ2v) is 3.31. The normalized spacial score (nSPS) is 17.6. The van der Waals surface area contributed by atoms with Crippen LogP contribution in [-0.4, -0.2) is 12.1 Å². The van der Waals surface area contributed by atoms with E-state index in [2.05, 4.69) is 4.74 Å². The number of benzene rings is 1. The molecule has 1 aromatic rings. The van der Waals surface area contributed by atoms with Crippen molar-refractivity contribution in [1.82, 2.24) is 0 Å². The number of cyclic esters (lactones) is 1. The molecule has 92 valence electrons. The van der Waals surface area contributed by atoms with Gasteiger partial charge in [-0.25, -0.2) is 22.4 Å². The fourth-order valence-corrected chi connectivity index (χ4v) is 1.48. The number of carbonyl (C=O) groups excluding carboxylic acids is 1. The highest BCUT2D eigenvalue weighted by Crippen LogP contribution is 2.35. The standard InChI is InChI=1S/C9H2F6O2/c10-4-2-1-9(14,15)17-8(16)3(2)5(11)7(13)6(4)12/h1H2. The van der Waals surface area contributed by atoms with Crippen molar-refractivity contribution in [2.24, 2.45) is 0 Å². The van der Waals surface area contributed by atoms with E-state index in [4.69, 9.17) is 0 Å². The van der Waals surface area contributed by atoms with E-state index >= 15 is 0 Å². The van der Waals surface area contributed by atoms with Gasteiger partial charge in [0.15, 0.2) is 23.3 Å². The molecule has 0 spiro atoms. The molecule has 0 aliphatic carbocycles. The zero-order valence-corrected chi connectivity index (χ0v) is 7.79. The molecule has 17 heavy (non-hydrogen) atoms. The minimum atomic E-state index is -4.08. The van der Waals surface area contributed by atoms with Gasteiger partial charge >= 0.3 is 12.1 Å². The van der Waals surface area contributed by atoms with E-state index in [0.717, 1.165) is 0 Å².